The third-order valence-electron chi connectivity index (χ3n) is 6.97. The van der Waals surface area contributed by atoms with Crippen LogP contribution in [-0.4, -0.2) is 37.8 Å². The predicted octanol–water partition coefficient (Wildman–Crippen LogP) is 8.10. The Morgan fingerprint density at radius 3 is 1.62 bits per heavy atom. The van der Waals surface area contributed by atoms with Gasteiger partial charge in [0.25, 0.3) is 5.91 Å². The van der Waals surface area contributed by atoms with Crippen molar-refractivity contribution in [3.8, 4) is 23.0 Å². The van der Waals surface area contributed by atoms with Crippen LogP contribution in [0.15, 0.2) is 144 Å². The lowest BCUT2D eigenvalue weighted by Gasteiger charge is -2.32. The second-order valence-corrected chi connectivity index (χ2v) is 14.2. The van der Waals surface area contributed by atoms with Gasteiger partial charge in [-0.15, -0.1) is 0 Å². The van der Waals surface area contributed by atoms with Gasteiger partial charge in [-0.1, -0.05) is 66.7 Å². The molecule has 1 atom stereocenters. The maximum atomic E-state index is 14.3. The van der Waals surface area contributed by atoms with E-state index in [0.29, 0.717) is 28.6 Å². The number of sulfone groups is 1. The van der Waals surface area contributed by atoms with Crippen molar-refractivity contribution in [2.24, 2.45) is 0 Å². The van der Waals surface area contributed by atoms with E-state index >= 15 is 0 Å². The van der Waals surface area contributed by atoms with Crippen LogP contribution in [0.1, 0.15) is 26.3 Å². The second kappa shape index (κ2) is 16.2. The Morgan fingerprint density at radius 1 is 0.660 bits per heavy atom. The number of anilines is 1. The summed E-state index contributed by atoms with van der Waals surface area (Å²) < 4.78 is 44.6. The SMILES string of the molecule is CC(C)(C)ON(C(=O)[C@H](CS(=O)(=O)c1ccc(Oc2ccccc2)cc1)NC(=O)OCc1ccccc1)c1ccc(Oc2ccccc2)cc1. The van der Waals surface area contributed by atoms with Crippen LogP contribution in [0.4, 0.5) is 10.5 Å². The topological polar surface area (TPSA) is 120 Å². The Bertz CT molecular complexity index is 1950. The van der Waals surface area contributed by atoms with Crippen molar-refractivity contribution in [2.75, 3.05) is 10.8 Å². The second-order valence-electron chi connectivity index (χ2n) is 12.2. The Kier molecular flexibility index (Phi) is 11.5. The maximum Gasteiger partial charge on any atom is 0.408 e. The molecular formula is C39H38N2O8S. The van der Waals surface area contributed by atoms with Gasteiger partial charge in [0.1, 0.15) is 35.6 Å². The molecule has 10 nitrogen and oxygen atoms in total. The average molecular weight is 695 g/mol. The van der Waals surface area contributed by atoms with Crippen molar-refractivity contribution in [3.05, 3.63) is 145 Å². The Morgan fingerprint density at radius 2 is 1.12 bits per heavy atom. The van der Waals surface area contributed by atoms with E-state index in [9.17, 15) is 18.0 Å². The molecule has 0 aliphatic rings. The van der Waals surface area contributed by atoms with Crippen LogP contribution in [0.2, 0.25) is 0 Å². The van der Waals surface area contributed by atoms with E-state index in [1.807, 2.05) is 54.6 Å². The summed E-state index contributed by atoms with van der Waals surface area (Å²) in [6.45, 7) is 5.14. The number of ether oxygens (including phenoxy) is 3. The van der Waals surface area contributed by atoms with Crippen LogP contribution in [-0.2, 0) is 30.8 Å². The minimum atomic E-state index is -4.16. The van der Waals surface area contributed by atoms with E-state index in [0.717, 1.165) is 5.06 Å². The molecule has 0 spiro atoms. The molecule has 0 saturated carbocycles. The van der Waals surface area contributed by atoms with Crippen molar-refractivity contribution >= 4 is 27.5 Å². The summed E-state index contributed by atoms with van der Waals surface area (Å²) in [6, 6.07) is 37.9. The molecule has 0 radical (unpaired) electrons. The molecule has 50 heavy (non-hydrogen) atoms. The van der Waals surface area contributed by atoms with Gasteiger partial charge in [0.05, 0.1) is 21.9 Å². The Hall–Kier alpha value is -5.65. The quantitative estimate of drug-likeness (QED) is 0.123. The molecule has 0 bridgehead atoms. The van der Waals surface area contributed by atoms with Gasteiger partial charge in [0, 0.05) is 0 Å². The highest BCUT2D eigenvalue weighted by Gasteiger charge is 2.35. The summed E-state index contributed by atoms with van der Waals surface area (Å²) in [5.41, 5.74) is 0.113. The van der Waals surface area contributed by atoms with Crippen molar-refractivity contribution in [3.63, 3.8) is 0 Å². The molecular weight excluding hydrogens is 657 g/mol. The van der Waals surface area contributed by atoms with Crippen molar-refractivity contribution < 1.29 is 37.1 Å². The van der Waals surface area contributed by atoms with Gasteiger partial charge in [0.2, 0.25) is 0 Å². The van der Waals surface area contributed by atoms with Crippen LogP contribution in [0.3, 0.4) is 0 Å². The van der Waals surface area contributed by atoms with E-state index in [1.165, 1.54) is 24.3 Å². The number of hydrogen-bond donors (Lipinski definition) is 1. The Balaban J connectivity index is 1.40. The van der Waals surface area contributed by atoms with Crippen molar-refractivity contribution in [1.82, 2.24) is 5.32 Å². The number of rotatable bonds is 13. The summed E-state index contributed by atoms with van der Waals surface area (Å²) in [6.07, 6.45) is -0.976. The van der Waals surface area contributed by atoms with Crippen molar-refractivity contribution in [1.29, 1.82) is 0 Å². The summed E-state index contributed by atoms with van der Waals surface area (Å²) in [7, 11) is -4.16. The molecule has 5 aromatic carbocycles. The van der Waals surface area contributed by atoms with Crippen LogP contribution >= 0.6 is 0 Å². The van der Waals surface area contributed by atoms with E-state index < -0.39 is 39.2 Å². The first-order valence-corrected chi connectivity index (χ1v) is 17.5. The monoisotopic (exact) mass is 694 g/mol. The average Bonchev–Trinajstić information content (AvgIpc) is 3.11. The number of carbonyl (C=O) groups is 2. The van der Waals surface area contributed by atoms with Crippen LogP contribution in [0, 0.1) is 0 Å². The van der Waals surface area contributed by atoms with E-state index in [-0.39, 0.29) is 17.2 Å². The molecule has 0 aromatic heterocycles. The fourth-order valence-corrected chi connectivity index (χ4v) is 6.06. The molecule has 0 saturated heterocycles. The highest BCUT2D eigenvalue weighted by atomic mass is 32.2. The molecule has 0 unspecified atom stereocenters. The number of carbonyl (C=O) groups excluding carboxylic acids is 2. The van der Waals surface area contributed by atoms with Gasteiger partial charge < -0.3 is 19.5 Å². The molecule has 11 heteroatoms. The van der Waals surface area contributed by atoms with Gasteiger partial charge in [-0.3, -0.25) is 9.63 Å². The summed E-state index contributed by atoms with van der Waals surface area (Å²) >= 11 is 0. The first-order valence-electron chi connectivity index (χ1n) is 15.8. The van der Waals surface area contributed by atoms with Gasteiger partial charge in [-0.2, -0.15) is 5.06 Å². The number of hydroxylamine groups is 1. The van der Waals surface area contributed by atoms with Crippen LogP contribution < -0.4 is 19.9 Å². The molecule has 0 aliphatic carbocycles. The summed E-state index contributed by atoms with van der Waals surface area (Å²) in [5, 5.41) is 3.46. The van der Waals surface area contributed by atoms with Crippen molar-refractivity contribution in [2.45, 2.75) is 43.9 Å². The zero-order chi connectivity index (χ0) is 35.6. The molecule has 258 valence electrons. The van der Waals surface area contributed by atoms with Gasteiger partial charge in [-0.25, -0.2) is 13.2 Å². The normalized spacial score (nSPS) is 12.0. The predicted molar refractivity (Wildman–Crippen MR) is 190 cm³/mol. The fourth-order valence-electron chi connectivity index (χ4n) is 4.65. The third kappa shape index (κ3) is 10.4. The highest BCUT2D eigenvalue weighted by molar-refractivity contribution is 7.91. The van der Waals surface area contributed by atoms with Gasteiger partial charge in [0.15, 0.2) is 9.84 Å². The standard InChI is InChI=1S/C39H38N2O8S/c1-39(2,3)49-41(30-19-21-33(22-20-30)47-31-15-9-5-10-16-31)37(42)36(40-38(43)46-27-29-13-7-4-8-14-29)28-50(44,45)35-25-23-34(24-26-35)48-32-17-11-6-12-18-32/h4-26,36H,27-28H2,1-3H3,(H,40,43)/t36-/m0/s1. The molecule has 0 fully saturated rings. The molecule has 0 heterocycles. The largest absolute Gasteiger partial charge is 0.457 e. The molecule has 5 aromatic rings. The smallest absolute Gasteiger partial charge is 0.408 e. The number of nitrogens with zero attached hydrogens (tertiary/aromatic N) is 1. The van der Waals surface area contributed by atoms with Crippen LogP contribution in [0.5, 0.6) is 23.0 Å². The molecule has 0 aliphatic heterocycles. The first-order chi connectivity index (χ1) is 23.9. The first kappa shape index (κ1) is 35.7. The van der Waals surface area contributed by atoms with Crippen LogP contribution in [0.25, 0.3) is 0 Å². The minimum Gasteiger partial charge on any atom is -0.457 e. The zero-order valence-corrected chi connectivity index (χ0v) is 28.7. The minimum absolute atomic E-state index is 0.0686. The summed E-state index contributed by atoms with van der Waals surface area (Å²) in [4.78, 5) is 33.3. The number of nitrogens with one attached hydrogen (secondary N) is 1. The maximum absolute atomic E-state index is 14.3. The third-order valence-corrected chi connectivity index (χ3v) is 8.73. The number of hydrogen-bond acceptors (Lipinski definition) is 8. The number of amides is 2. The van der Waals surface area contributed by atoms with E-state index in [2.05, 4.69) is 5.32 Å². The zero-order valence-electron chi connectivity index (χ0n) is 27.9. The number of para-hydroxylation sites is 2. The van der Waals surface area contributed by atoms with E-state index in [1.54, 1.807) is 81.4 Å². The Labute approximate surface area is 292 Å². The number of alkyl carbamates (subject to hydrolysis) is 1. The highest BCUT2D eigenvalue weighted by Crippen LogP contribution is 2.28. The molecule has 2 amide bonds. The van der Waals surface area contributed by atoms with Gasteiger partial charge >= 0.3 is 6.09 Å². The fraction of sp³-hybridized carbons (Fsp3) is 0.179. The van der Waals surface area contributed by atoms with E-state index in [4.69, 9.17) is 19.0 Å². The number of benzene rings is 5. The molecule has 5 rings (SSSR count). The lowest BCUT2D eigenvalue weighted by Crippen LogP contribution is -2.53. The lowest BCUT2D eigenvalue weighted by molar-refractivity contribution is -0.133. The summed E-state index contributed by atoms with van der Waals surface area (Å²) in [5.74, 6) is 0.526. The lowest BCUT2D eigenvalue weighted by atomic mass is 10.2. The molecule has 1 N–H and O–H groups in total. The van der Waals surface area contributed by atoms with Gasteiger partial charge in [-0.05, 0) is 99.1 Å².